The number of amides is 1. The second-order valence-corrected chi connectivity index (χ2v) is 6.11. The van der Waals surface area contributed by atoms with Crippen LogP contribution in [0, 0.1) is 5.82 Å². The van der Waals surface area contributed by atoms with E-state index < -0.39 is 0 Å². The van der Waals surface area contributed by atoms with Gasteiger partial charge in [-0.05, 0) is 42.8 Å². The largest absolute Gasteiger partial charge is 0.494 e. The number of furan rings is 1. The topological polar surface area (TPSA) is 51.5 Å². The molecule has 0 aliphatic heterocycles. The summed E-state index contributed by atoms with van der Waals surface area (Å²) in [5.41, 5.74) is 0.423. The summed E-state index contributed by atoms with van der Waals surface area (Å²) in [5.74, 6) is 1.59. The van der Waals surface area contributed by atoms with Crippen molar-refractivity contribution in [2.45, 2.75) is 19.3 Å². The molecule has 0 aliphatic rings. The molecule has 0 fully saturated rings. The fourth-order valence-corrected chi connectivity index (χ4v) is 2.65. The van der Waals surface area contributed by atoms with E-state index in [0.29, 0.717) is 43.1 Å². The van der Waals surface area contributed by atoms with Crippen LogP contribution in [0.3, 0.4) is 0 Å². The van der Waals surface area contributed by atoms with Crippen LogP contribution >= 0.6 is 0 Å². The van der Waals surface area contributed by atoms with Gasteiger partial charge in [0.05, 0.1) is 12.2 Å². The molecular weight excluding hydrogens is 345 g/mol. The first-order valence-corrected chi connectivity index (χ1v) is 9.00. The summed E-state index contributed by atoms with van der Waals surface area (Å²) < 4.78 is 25.0. The van der Waals surface area contributed by atoms with E-state index in [0.717, 1.165) is 12.2 Å². The van der Waals surface area contributed by atoms with E-state index in [1.807, 2.05) is 30.3 Å². The molecule has 0 saturated heterocycles. The Morgan fingerprint density at radius 2 is 1.78 bits per heavy atom. The van der Waals surface area contributed by atoms with Gasteiger partial charge >= 0.3 is 0 Å². The molecule has 2 aromatic carbocycles. The molecule has 1 N–H and O–H groups in total. The molecule has 0 saturated carbocycles. The molecule has 3 rings (SSSR count). The lowest BCUT2D eigenvalue weighted by molar-refractivity contribution is -0.121. The van der Waals surface area contributed by atoms with Crippen molar-refractivity contribution in [2.24, 2.45) is 0 Å². The van der Waals surface area contributed by atoms with Crippen LogP contribution in [0.4, 0.5) is 4.39 Å². The smallest absolute Gasteiger partial charge is 0.220 e. The molecular formula is C22H22FNO3. The Balaban J connectivity index is 1.35. The highest BCUT2D eigenvalue weighted by atomic mass is 19.1. The van der Waals surface area contributed by atoms with E-state index in [2.05, 4.69) is 5.32 Å². The highest BCUT2D eigenvalue weighted by molar-refractivity contribution is 5.76. The standard InChI is InChI=1S/C22H22FNO3/c23-20-10-5-4-9-19(20)21-13-11-18(27-21)12-14-22(25)24-15-6-16-26-17-7-2-1-3-8-17/h1-5,7-11,13H,6,12,14-16H2,(H,24,25). The maximum atomic E-state index is 13.8. The predicted octanol–water partition coefficient (Wildman–Crippen LogP) is 4.60. The third-order valence-electron chi connectivity index (χ3n) is 4.05. The predicted molar refractivity (Wildman–Crippen MR) is 102 cm³/mol. The summed E-state index contributed by atoms with van der Waals surface area (Å²) >= 11 is 0. The van der Waals surface area contributed by atoms with Gasteiger partial charge in [-0.2, -0.15) is 0 Å². The van der Waals surface area contributed by atoms with E-state index in [4.69, 9.17) is 9.15 Å². The fourth-order valence-electron chi connectivity index (χ4n) is 2.65. The van der Waals surface area contributed by atoms with E-state index in [9.17, 15) is 9.18 Å². The molecule has 1 amide bonds. The van der Waals surface area contributed by atoms with Crippen LogP contribution in [0.25, 0.3) is 11.3 Å². The number of para-hydroxylation sites is 1. The Kier molecular flexibility index (Phi) is 6.63. The zero-order valence-electron chi connectivity index (χ0n) is 15.0. The van der Waals surface area contributed by atoms with Crippen molar-refractivity contribution in [3.8, 4) is 17.1 Å². The van der Waals surface area contributed by atoms with Crippen molar-refractivity contribution in [1.82, 2.24) is 5.32 Å². The molecule has 1 heterocycles. The molecule has 3 aromatic rings. The number of aryl methyl sites for hydroxylation is 1. The lowest BCUT2D eigenvalue weighted by atomic mass is 10.1. The van der Waals surface area contributed by atoms with Crippen molar-refractivity contribution in [1.29, 1.82) is 0 Å². The van der Waals surface area contributed by atoms with Crippen LogP contribution in [-0.2, 0) is 11.2 Å². The molecule has 0 radical (unpaired) electrons. The molecule has 0 spiro atoms. The number of rotatable bonds is 9. The van der Waals surface area contributed by atoms with Gasteiger partial charge in [0.2, 0.25) is 5.91 Å². The molecule has 27 heavy (non-hydrogen) atoms. The zero-order chi connectivity index (χ0) is 18.9. The molecule has 0 aliphatic carbocycles. The number of benzene rings is 2. The van der Waals surface area contributed by atoms with Crippen molar-refractivity contribution >= 4 is 5.91 Å². The molecule has 0 bridgehead atoms. The first-order valence-electron chi connectivity index (χ1n) is 9.00. The highest BCUT2D eigenvalue weighted by Crippen LogP contribution is 2.25. The molecule has 4 nitrogen and oxygen atoms in total. The average molecular weight is 367 g/mol. The van der Waals surface area contributed by atoms with Gasteiger partial charge in [0, 0.05) is 19.4 Å². The second kappa shape index (κ2) is 9.57. The molecule has 1 aromatic heterocycles. The quantitative estimate of drug-likeness (QED) is 0.562. The third-order valence-corrected chi connectivity index (χ3v) is 4.05. The van der Waals surface area contributed by atoms with Crippen LogP contribution in [0.1, 0.15) is 18.6 Å². The van der Waals surface area contributed by atoms with E-state index >= 15 is 0 Å². The normalized spacial score (nSPS) is 10.6. The minimum absolute atomic E-state index is 0.0430. The Bertz CT molecular complexity index is 861. The summed E-state index contributed by atoms with van der Waals surface area (Å²) in [5, 5.41) is 2.87. The second-order valence-electron chi connectivity index (χ2n) is 6.11. The summed E-state index contributed by atoms with van der Waals surface area (Å²) in [6.45, 7) is 1.11. The fraction of sp³-hybridized carbons (Fsp3) is 0.227. The number of carbonyl (C=O) groups is 1. The summed E-state index contributed by atoms with van der Waals surface area (Å²) in [6, 6.07) is 19.5. The Morgan fingerprint density at radius 1 is 1.00 bits per heavy atom. The van der Waals surface area contributed by atoms with E-state index in [1.165, 1.54) is 6.07 Å². The van der Waals surface area contributed by atoms with Crippen LogP contribution in [0.15, 0.2) is 71.1 Å². The van der Waals surface area contributed by atoms with Gasteiger partial charge in [-0.3, -0.25) is 4.79 Å². The molecule has 0 atom stereocenters. The molecule has 0 unspecified atom stereocenters. The highest BCUT2D eigenvalue weighted by Gasteiger charge is 2.10. The number of nitrogens with one attached hydrogen (secondary N) is 1. The monoisotopic (exact) mass is 367 g/mol. The number of halogens is 1. The van der Waals surface area contributed by atoms with Crippen molar-refractivity contribution in [3.63, 3.8) is 0 Å². The van der Waals surface area contributed by atoms with Crippen LogP contribution in [0.5, 0.6) is 5.75 Å². The number of hydrogen-bond acceptors (Lipinski definition) is 3. The van der Waals surface area contributed by atoms with Crippen LogP contribution in [0.2, 0.25) is 0 Å². The third kappa shape index (κ3) is 5.71. The lowest BCUT2D eigenvalue weighted by Gasteiger charge is -2.07. The number of carbonyl (C=O) groups excluding carboxylic acids is 1. The van der Waals surface area contributed by atoms with Gasteiger partial charge in [-0.15, -0.1) is 0 Å². The van der Waals surface area contributed by atoms with Gasteiger partial charge in [0.15, 0.2) is 0 Å². The van der Waals surface area contributed by atoms with Crippen molar-refractivity contribution < 1.29 is 18.3 Å². The van der Waals surface area contributed by atoms with E-state index in [-0.39, 0.29) is 11.7 Å². The molecule has 140 valence electrons. The first-order chi connectivity index (χ1) is 13.2. The maximum Gasteiger partial charge on any atom is 0.220 e. The van der Waals surface area contributed by atoms with Crippen molar-refractivity contribution in [3.05, 3.63) is 78.3 Å². The summed E-state index contributed by atoms with van der Waals surface area (Å²) in [6.07, 6.45) is 1.53. The number of hydrogen-bond donors (Lipinski definition) is 1. The Hall–Kier alpha value is -3.08. The van der Waals surface area contributed by atoms with E-state index in [1.54, 1.807) is 30.3 Å². The van der Waals surface area contributed by atoms with Gasteiger partial charge in [-0.1, -0.05) is 30.3 Å². The SMILES string of the molecule is O=C(CCc1ccc(-c2ccccc2F)o1)NCCCOc1ccccc1. The Morgan fingerprint density at radius 3 is 2.59 bits per heavy atom. The van der Waals surface area contributed by atoms with Gasteiger partial charge in [0.1, 0.15) is 23.1 Å². The van der Waals surface area contributed by atoms with Gasteiger partial charge in [0.25, 0.3) is 0 Å². The van der Waals surface area contributed by atoms with Crippen LogP contribution < -0.4 is 10.1 Å². The maximum absolute atomic E-state index is 13.8. The van der Waals surface area contributed by atoms with Gasteiger partial charge < -0.3 is 14.5 Å². The minimum atomic E-state index is -0.325. The summed E-state index contributed by atoms with van der Waals surface area (Å²) in [4.78, 5) is 11.9. The molecule has 5 heteroatoms. The van der Waals surface area contributed by atoms with Crippen molar-refractivity contribution in [2.75, 3.05) is 13.2 Å². The lowest BCUT2D eigenvalue weighted by Crippen LogP contribution is -2.25. The van der Waals surface area contributed by atoms with Crippen LogP contribution in [-0.4, -0.2) is 19.1 Å². The minimum Gasteiger partial charge on any atom is -0.494 e. The average Bonchev–Trinajstić information content (AvgIpc) is 3.16. The Labute approximate surface area is 158 Å². The summed E-state index contributed by atoms with van der Waals surface area (Å²) in [7, 11) is 0. The first kappa shape index (κ1) is 18.7. The number of ether oxygens (including phenoxy) is 1. The van der Waals surface area contributed by atoms with Gasteiger partial charge in [-0.25, -0.2) is 4.39 Å². The zero-order valence-corrected chi connectivity index (χ0v) is 15.0.